The molecule has 0 bridgehead atoms. The van der Waals surface area contributed by atoms with Crippen LogP contribution in [-0.2, 0) is 25.4 Å². The van der Waals surface area contributed by atoms with Gasteiger partial charge >= 0.3 is 11.6 Å². The van der Waals surface area contributed by atoms with E-state index in [1.165, 1.54) is 44.6 Å². The normalized spacial score (nSPS) is 24.8. The zero-order valence-electron chi connectivity index (χ0n) is 24.8. The molecule has 6 atom stereocenters. The molecule has 5 rings (SSSR count). The molecule has 0 aliphatic carbocycles. The van der Waals surface area contributed by atoms with Gasteiger partial charge in [-0.25, -0.2) is 9.59 Å². The monoisotopic (exact) mass is 630 g/mol. The predicted octanol–water partition coefficient (Wildman–Crippen LogP) is 1.38. The molecular formula is C31H34O14. The molecule has 2 aliphatic heterocycles. The first-order valence-corrected chi connectivity index (χ1v) is 14.0. The van der Waals surface area contributed by atoms with Gasteiger partial charge in [0.25, 0.3) is 0 Å². The molecule has 242 valence electrons. The van der Waals surface area contributed by atoms with Crippen molar-refractivity contribution >= 4 is 23.0 Å². The van der Waals surface area contributed by atoms with Crippen LogP contribution in [0.4, 0.5) is 0 Å². The number of benzene rings is 2. The van der Waals surface area contributed by atoms with Gasteiger partial charge in [-0.3, -0.25) is 0 Å². The average Bonchev–Trinajstić information content (AvgIpc) is 3.46. The lowest BCUT2D eigenvalue weighted by molar-refractivity contribution is -0.329. The van der Waals surface area contributed by atoms with Crippen molar-refractivity contribution in [2.75, 3.05) is 20.8 Å². The number of esters is 1. The Morgan fingerprint density at radius 2 is 1.69 bits per heavy atom. The smallest absolute Gasteiger partial charge is 0.336 e. The van der Waals surface area contributed by atoms with Gasteiger partial charge in [0.1, 0.15) is 42.7 Å². The van der Waals surface area contributed by atoms with Crippen LogP contribution in [-0.4, -0.2) is 94.7 Å². The zero-order chi connectivity index (χ0) is 32.6. The third-order valence-electron chi connectivity index (χ3n) is 7.75. The fraction of sp³-hybridized carbons (Fsp3) is 0.419. The number of methoxy groups -OCH3 is 2. The van der Waals surface area contributed by atoms with Crippen molar-refractivity contribution in [3.63, 3.8) is 0 Å². The number of ether oxygens (including phenoxy) is 6. The van der Waals surface area contributed by atoms with E-state index in [0.29, 0.717) is 16.5 Å². The standard InChI is InChI=1S/C31H34O14/c1-31(2,20-12-16-11-15-6-8-22(33)44-28(15)27(38)29(16)43-20)45-30-26(37)25(36)24(35)19(42-30)13-41-21(32)7-5-14-9-17(39-3)23(34)18(10-14)40-4/h5-11,19-20,24-26,30,34-38H,12-13H2,1-4H3. The van der Waals surface area contributed by atoms with E-state index in [1.807, 2.05) is 0 Å². The molecule has 45 heavy (non-hydrogen) atoms. The van der Waals surface area contributed by atoms with E-state index in [9.17, 15) is 35.1 Å². The molecular weight excluding hydrogens is 596 g/mol. The van der Waals surface area contributed by atoms with Crippen LogP contribution in [0, 0.1) is 0 Å². The molecule has 2 aromatic carbocycles. The Bertz CT molecular complexity index is 1630. The first kappa shape index (κ1) is 32.1. The predicted molar refractivity (Wildman–Crippen MR) is 155 cm³/mol. The van der Waals surface area contributed by atoms with E-state index >= 15 is 0 Å². The number of hydrogen-bond acceptors (Lipinski definition) is 14. The number of rotatable bonds is 9. The summed E-state index contributed by atoms with van der Waals surface area (Å²) in [5, 5.41) is 53.0. The Kier molecular flexibility index (Phi) is 8.96. The first-order valence-electron chi connectivity index (χ1n) is 14.0. The van der Waals surface area contributed by atoms with E-state index < -0.39 is 60.6 Å². The maximum atomic E-state index is 12.5. The van der Waals surface area contributed by atoms with E-state index in [1.54, 1.807) is 19.9 Å². The Balaban J connectivity index is 1.24. The lowest BCUT2D eigenvalue weighted by atomic mass is 9.95. The van der Waals surface area contributed by atoms with Gasteiger partial charge in [0.15, 0.2) is 29.1 Å². The average molecular weight is 631 g/mol. The van der Waals surface area contributed by atoms with Crippen molar-refractivity contribution in [3.8, 4) is 28.7 Å². The molecule has 0 amide bonds. The van der Waals surface area contributed by atoms with Crippen LogP contribution in [0.1, 0.15) is 25.0 Å². The van der Waals surface area contributed by atoms with Crippen LogP contribution in [0.2, 0.25) is 0 Å². The van der Waals surface area contributed by atoms with Crippen LogP contribution >= 0.6 is 0 Å². The summed E-state index contributed by atoms with van der Waals surface area (Å²) in [5.41, 5.74) is -0.738. The first-order chi connectivity index (χ1) is 21.3. The second kappa shape index (κ2) is 12.6. The van der Waals surface area contributed by atoms with Crippen molar-refractivity contribution in [1.29, 1.82) is 0 Å². The van der Waals surface area contributed by atoms with Crippen LogP contribution in [0.3, 0.4) is 0 Å². The summed E-state index contributed by atoms with van der Waals surface area (Å²) in [7, 11) is 2.73. The van der Waals surface area contributed by atoms with Crippen molar-refractivity contribution in [2.45, 2.75) is 62.7 Å². The molecule has 1 fully saturated rings. The molecule has 6 unspecified atom stereocenters. The lowest BCUT2D eigenvalue weighted by Crippen LogP contribution is -2.61. The van der Waals surface area contributed by atoms with Gasteiger partial charge in [0.2, 0.25) is 11.5 Å². The summed E-state index contributed by atoms with van der Waals surface area (Å²) < 4.78 is 38.3. The highest BCUT2D eigenvalue weighted by atomic mass is 16.7. The molecule has 14 nitrogen and oxygen atoms in total. The number of aliphatic hydroxyl groups is 3. The number of hydrogen-bond donors (Lipinski definition) is 5. The molecule has 1 saturated heterocycles. The van der Waals surface area contributed by atoms with Gasteiger partial charge in [-0.2, -0.15) is 0 Å². The Labute approximate surface area is 256 Å². The highest BCUT2D eigenvalue weighted by molar-refractivity contribution is 5.87. The largest absolute Gasteiger partial charge is 0.502 e. The van der Waals surface area contributed by atoms with Crippen LogP contribution in [0.25, 0.3) is 17.0 Å². The SMILES string of the molecule is COc1cc(C=CC(=O)OCC2OC(OC(C)(C)C3Cc4cc5ccc(=O)oc5c(O)c4O3)C(O)C(O)C2O)cc(OC)c1O. The van der Waals surface area contributed by atoms with E-state index in [-0.39, 0.29) is 40.8 Å². The van der Waals surface area contributed by atoms with Crippen molar-refractivity contribution in [1.82, 2.24) is 0 Å². The van der Waals surface area contributed by atoms with Crippen LogP contribution < -0.4 is 19.8 Å². The third-order valence-corrected chi connectivity index (χ3v) is 7.75. The minimum atomic E-state index is -1.70. The summed E-state index contributed by atoms with van der Waals surface area (Å²) >= 11 is 0. The molecule has 0 radical (unpaired) electrons. The zero-order valence-corrected chi connectivity index (χ0v) is 24.8. The van der Waals surface area contributed by atoms with Crippen molar-refractivity contribution in [2.24, 2.45) is 0 Å². The number of carbonyl (C=O) groups excluding carboxylic acids is 1. The summed E-state index contributed by atoms with van der Waals surface area (Å²) in [6, 6.07) is 7.45. The summed E-state index contributed by atoms with van der Waals surface area (Å²) in [6.07, 6.45) is -5.65. The Morgan fingerprint density at radius 1 is 1.00 bits per heavy atom. The number of phenols is 2. The number of aromatic hydroxyl groups is 2. The maximum Gasteiger partial charge on any atom is 0.336 e. The summed E-state index contributed by atoms with van der Waals surface area (Å²) in [4.78, 5) is 24.1. The molecule has 3 heterocycles. The summed E-state index contributed by atoms with van der Waals surface area (Å²) in [6.45, 7) is 2.82. The molecule has 0 spiro atoms. The van der Waals surface area contributed by atoms with Crippen LogP contribution in [0.15, 0.2) is 45.6 Å². The van der Waals surface area contributed by atoms with Gasteiger partial charge < -0.3 is 58.4 Å². The van der Waals surface area contributed by atoms with Gasteiger partial charge in [-0.05, 0) is 49.8 Å². The van der Waals surface area contributed by atoms with Gasteiger partial charge in [-0.15, -0.1) is 0 Å². The minimum Gasteiger partial charge on any atom is -0.502 e. The highest BCUT2D eigenvalue weighted by Crippen LogP contribution is 2.45. The molecule has 5 N–H and O–H groups in total. The van der Waals surface area contributed by atoms with Crippen molar-refractivity contribution < 1.29 is 63.2 Å². The fourth-order valence-corrected chi connectivity index (χ4v) is 5.20. The highest BCUT2D eigenvalue weighted by Gasteiger charge is 2.49. The van der Waals surface area contributed by atoms with E-state index in [4.69, 9.17) is 32.8 Å². The fourth-order valence-electron chi connectivity index (χ4n) is 5.20. The molecule has 14 heteroatoms. The third kappa shape index (κ3) is 6.41. The molecule has 1 aromatic heterocycles. The van der Waals surface area contributed by atoms with E-state index in [0.717, 1.165) is 6.08 Å². The quantitative estimate of drug-likeness (QED) is 0.129. The van der Waals surface area contributed by atoms with Gasteiger partial charge in [0, 0.05) is 29.5 Å². The molecule has 3 aromatic rings. The number of aliphatic hydroxyl groups excluding tert-OH is 3. The Hall–Kier alpha value is -4.34. The topological polar surface area (TPSA) is 204 Å². The second-order valence-electron chi connectivity index (χ2n) is 11.2. The number of phenolic OH excluding ortho intramolecular Hbond substituents is 2. The second-order valence-corrected chi connectivity index (χ2v) is 11.2. The number of fused-ring (bicyclic) bond motifs is 2. The van der Waals surface area contributed by atoms with E-state index in [2.05, 4.69) is 0 Å². The van der Waals surface area contributed by atoms with Crippen LogP contribution in [0.5, 0.6) is 28.7 Å². The molecule has 2 aliphatic rings. The number of carbonyl (C=O) groups is 1. The van der Waals surface area contributed by atoms with Gasteiger partial charge in [-0.1, -0.05) is 0 Å². The van der Waals surface area contributed by atoms with Gasteiger partial charge in [0.05, 0.1) is 14.2 Å². The maximum absolute atomic E-state index is 12.5. The Morgan fingerprint density at radius 3 is 2.36 bits per heavy atom. The van der Waals surface area contributed by atoms with Crippen molar-refractivity contribution in [3.05, 3.63) is 58.0 Å². The minimum absolute atomic E-state index is 0.0153. The lowest BCUT2D eigenvalue weighted by Gasteiger charge is -2.43. The summed E-state index contributed by atoms with van der Waals surface area (Å²) in [5.74, 6) is -0.947. The molecule has 0 saturated carbocycles.